The molecule has 2 atom stereocenters. The molecule has 2 heteroatoms. The average molecular weight is 215 g/mol. The second kappa shape index (κ2) is 3.93. The SMILES string of the molecule is O=C1C[C@H]2CCC[C@@H](C1)N2c1ccccc1. The van der Waals surface area contributed by atoms with E-state index in [-0.39, 0.29) is 0 Å². The minimum atomic E-state index is 0.460. The van der Waals surface area contributed by atoms with Crippen LogP contribution in [0.3, 0.4) is 0 Å². The van der Waals surface area contributed by atoms with E-state index in [9.17, 15) is 4.79 Å². The number of benzene rings is 1. The van der Waals surface area contributed by atoms with E-state index in [0.29, 0.717) is 17.9 Å². The van der Waals surface area contributed by atoms with Crippen molar-refractivity contribution in [2.24, 2.45) is 0 Å². The quantitative estimate of drug-likeness (QED) is 0.718. The van der Waals surface area contributed by atoms with Crippen molar-refractivity contribution in [2.45, 2.75) is 44.2 Å². The number of fused-ring (bicyclic) bond motifs is 2. The fourth-order valence-electron chi connectivity index (χ4n) is 3.20. The third-order valence-corrected chi connectivity index (χ3v) is 3.84. The highest BCUT2D eigenvalue weighted by Gasteiger charge is 2.37. The Kier molecular flexibility index (Phi) is 2.43. The average Bonchev–Trinajstić information content (AvgIpc) is 2.29. The lowest BCUT2D eigenvalue weighted by atomic mass is 9.83. The molecule has 0 unspecified atom stereocenters. The fourth-order valence-corrected chi connectivity index (χ4v) is 3.20. The zero-order valence-corrected chi connectivity index (χ0v) is 9.43. The smallest absolute Gasteiger partial charge is 0.137 e. The summed E-state index contributed by atoms with van der Waals surface area (Å²) in [6.07, 6.45) is 5.15. The number of carbonyl (C=O) groups excluding carboxylic acids is 1. The molecule has 0 aromatic heterocycles. The number of anilines is 1. The Labute approximate surface area is 96.3 Å². The van der Waals surface area contributed by atoms with Crippen LogP contribution < -0.4 is 4.90 Å². The Hall–Kier alpha value is -1.31. The first-order valence-corrected chi connectivity index (χ1v) is 6.19. The van der Waals surface area contributed by atoms with E-state index in [1.165, 1.54) is 24.9 Å². The van der Waals surface area contributed by atoms with Crippen molar-refractivity contribution in [3.63, 3.8) is 0 Å². The summed E-state index contributed by atoms with van der Waals surface area (Å²) in [5.41, 5.74) is 1.30. The molecule has 84 valence electrons. The van der Waals surface area contributed by atoms with Gasteiger partial charge in [0.2, 0.25) is 0 Å². The predicted molar refractivity (Wildman–Crippen MR) is 64.6 cm³/mol. The zero-order chi connectivity index (χ0) is 11.0. The number of para-hydroxylation sites is 1. The maximum absolute atomic E-state index is 11.6. The number of nitrogens with zero attached hydrogens (tertiary/aromatic N) is 1. The van der Waals surface area contributed by atoms with E-state index in [0.717, 1.165) is 12.8 Å². The summed E-state index contributed by atoms with van der Waals surface area (Å²) in [6, 6.07) is 11.5. The number of carbonyl (C=O) groups is 1. The van der Waals surface area contributed by atoms with E-state index in [4.69, 9.17) is 0 Å². The Morgan fingerprint density at radius 3 is 2.25 bits per heavy atom. The van der Waals surface area contributed by atoms with Crippen molar-refractivity contribution in [3.05, 3.63) is 30.3 Å². The summed E-state index contributed by atoms with van der Waals surface area (Å²) in [4.78, 5) is 14.1. The number of hydrogen-bond acceptors (Lipinski definition) is 2. The summed E-state index contributed by atoms with van der Waals surface area (Å²) in [5, 5.41) is 0. The molecule has 2 bridgehead atoms. The molecule has 1 aromatic carbocycles. The van der Waals surface area contributed by atoms with Crippen molar-refractivity contribution in [1.82, 2.24) is 0 Å². The first-order valence-electron chi connectivity index (χ1n) is 6.19. The normalized spacial score (nSPS) is 29.2. The number of Topliss-reactive ketones (excluding diaryl/α,β-unsaturated/α-hetero) is 1. The molecule has 16 heavy (non-hydrogen) atoms. The highest BCUT2D eigenvalue weighted by Crippen LogP contribution is 2.35. The lowest BCUT2D eigenvalue weighted by Crippen LogP contribution is -2.52. The lowest BCUT2D eigenvalue weighted by Gasteiger charge is -2.47. The molecule has 0 aliphatic carbocycles. The standard InChI is InChI=1S/C14H17NO/c16-14-9-12-7-4-8-13(10-14)15(12)11-5-2-1-3-6-11/h1-3,5-6,12-13H,4,7-10H2/t12-,13+. The van der Waals surface area contributed by atoms with Gasteiger partial charge in [0.1, 0.15) is 5.78 Å². The highest BCUT2D eigenvalue weighted by atomic mass is 16.1. The van der Waals surface area contributed by atoms with E-state index in [2.05, 4.69) is 29.2 Å². The van der Waals surface area contributed by atoms with E-state index in [1.807, 2.05) is 6.07 Å². The van der Waals surface area contributed by atoms with Crippen molar-refractivity contribution in [2.75, 3.05) is 4.90 Å². The molecular weight excluding hydrogens is 198 g/mol. The van der Waals surface area contributed by atoms with E-state index in [1.54, 1.807) is 0 Å². The largest absolute Gasteiger partial charge is 0.365 e. The molecule has 0 amide bonds. The van der Waals surface area contributed by atoms with Gasteiger partial charge in [-0.05, 0) is 31.4 Å². The first-order chi connectivity index (χ1) is 7.84. The van der Waals surface area contributed by atoms with Crippen LogP contribution in [0.5, 0.6) is 0 Å². The molecule has 2 saturated heterocycles. The van der Waals surface area contributed by atoms with Crippen molar-refractivity contribution >= 4 is 11.5 Å². The van der Waals surface area contributed by atoms with Crippen LogP contribution in [0, 0.1) is 0 Å². The summed E-state index contributed by atoms with van der Waals surface area (Å²) >= 11 is 0. The maximum Gasteiger partial charge on any atom is 0.137 e. The second-order valence-corrected chi connectivity index (χ2v) is 4.93. The van der Waals surface area contributed by atoms with Crippen LogP contribution in [-0.4, -0.2) is 17.9 Å². The van der Waals surface area contributed by atoms with Gasteiger partial charge in [-0.1, -0.05) is 18.2 Å². The molecule has 0 radical (unpaired) electrons. The van der Waals surface area contributed by atoms with Crippen LogP contribution in [0.25, 0.3) is 0 Å². The number of piperidine rings is 2. The van der Waals surface area contributed by atoms with Gasteiger partial charge in [0.05, 0.1) is 0 Å². The number of hydrogen-bond donors (Lipinski definition) is 0. The van der Waals surface area contributed by atoms with Gasteiger partial charge < -0.3 is 4.90 Å². The molecule has 2 heterocycles. The monoisotopic (exact) mass is 215 g/mol. The van der Waals surface area contributed by atoms with Gasteiger partial charge in [-0.25, -0.2) is 0 Å². The number of rotatable bonds is 1. The third-order valence-electron chi connectivity index (χ3n) is 3.84. The summed E-state index contributed by atoms with van der Waals surface area (Å²) in [6.45, 7) is 0. The molecule has 2 aliphatic heterocycles. The van der Waals surface area contributed by atoms with Crippen LogP contribution in [-0.2, 0) is 4.79 Å². The number of ketones is 1. The van der Waals surface area contributed by atoms with Crippen LogP contribution in [0.2, 0.25) is 0 Å². The van der Waals surface area contributed by atoms with Gasteiger partial charge in [0, 0.05) is 30.6 Å². The van der Waals surface area contributed by atoms with Crippen LogP contribution in [0.1, 0.15) is 32.1 Å². The molecule has 3 rings (SSSR count). The van der Waals surface area contributed by atoms with Crippen LogP contribution in [0.15, 0.2) is 30.3 Å². The minimum absolute atomic E-state index is 0.460. The molecule has 0 saturated carbocycles. The van der Waals surface area contributed by atoms with Crippen molar-refractivity contribution in [3.8, 4) is 0 Å². The molecule has 2 nitrogen and oxygen atoms in total. The Balaban J connectivity index is 1.92. The maximum atomic E-state index is 11.6. The fraction of sp³-hybridized carbons (Fsp3) is 0.500. The lowest BCUT2D eigenvalue weighted by molar-refractivity contribution is -0.121. The zero-order valence-electron chi connectivity index (χ0n) is 9.43. The molecule has 1 aromatic rings. The summed E-state index contributed by atoms with van der Waals surface area (Å²) in [5.74, 6) is 0.460. The molecule has 2 fully saturated rings. The molecule has 2 aliphatic rings. The van der Waals surface area contributed by atoms with E-state index >= 15 is 0 Å². The molecular formula is C14H17NO. The van der Waals surface area contributed by atoms with Crippen molar-refractivity contribution in [1.29, 1.82) is 0 Å². The Morgan fingerprint density at radius 2 is 1.62 bits per heavy atom. The summed E-state index contributed by atoms with van der Waals surface area (Å²) in [7, 11) is 0. The van der Waals surface area contributed by atoms with Gasteiger partial charge >= 0.3 is 0 Å². The van der Waals surface area contributed by atoms with Crippen molar-refractivity contribution < 1.29 is 4.79 Å². The Bertz CT molecular complexity index is 371. The second-order valence-electron chi connectivity index (χ2n) is 4.93. The molecule has 0 N–H and O–H groups in total. The minimum Gasteiger partial charge on any atom is -0.365 e. The van der Waals surface area contributed by atoms with Gasteiger partial charge in [-0.2, -0.15) is 0 Å². The van der Waals surface area contributed by atoms with E-state index < -0.39 is 0 Å². The predicted octanol–water partition coefficient (Wildman–Crippen LogP) is 2.78. The first kappa shape index (κ1) is 9.88. The van der Waals surface area contributed by atoms with Crippen LogP contribution in [0.4, 0.5) is 5.69 Å². The highest BCUT2D eigenvalue weighted by molar-refractivity contribution is 5.82. The Morgan fingerprint density at radius 1 is 1.00 bits per heavy atom. The third kappa shape index (κ3) is 1.62. The van der Waals surface area contributed by atoms with Gasteiger partial charge in [-0.3, -0.25) is 4.79 Å². The van der Waals surface area contributed by atoms with Crippen LogP contribution >= 0.6 is 0 Å². The van der Waals surface area contributed by atoms with Gasteiger partial charge in [0.15, 0.2) is 0 Å². The summed E-state index contributed by atoms with van der Waals surface area (Å²) < 4.78 is 0. The van der Waals surface area contributed by atoms with Gasteiger partial charge in [0.25, 0.3) is 0 Å². The molecule has 0 spiro atoms. The topological polar surface area (TPSA) is 20.3 Å². The van der Waals surface area contributed by atoms with Gasteiger partial charge in [-0.15, -0.1) is 0 Å².